The van der Waals surface area contributed by atoms with Crippen LogP contribution < -0.4 is 5.30 Å². The van der Waals surface area contributed by atoms with E-state index in [0.717, 1.165) is 0 Å². The topological polar surface area (TPSA) is 12.9 Å². The monoisotopic (exact) mass is 223 g/mol. The van der Waals surface area contributed by atoms with Gasteiger partial charge in [-0.15, -0.1) is 9.24 Å². The van der Waals surface area contributed by atoms with E-state index in [1.807, 2.05) is 6.20 Å². The van der Waals surface area contributed by atoms with Crippen molar-refractivity contribution in [1.82, 2.24) is 4.98 Å². The number of pyridine rings is 1. The molecular formula is C13H22NP. The van der Waals surface area contributed by atoms with Gasteiger partial charge in [0.25, 0.3) is 0 Å². The van der Waals surface area contributed by atoms with Gasteiger partial charge in [0, 0.05) is 11.6 Å². The van der Waals surface area contributed by atoms with E-state index in [0.29, 0.717) is 0 Å². The van der Waals surface area contributed by atoms with Crippen LogP contribution in [0.4, 0.5) is 0 Å². The molecule has 0 saturated heterocycles. The van der Waals surface area contributed by atoms with E-state index < -0.39 is 0 Å². The number of nitrogens with zero attached hydrogens (tertiary/aromatic N) is 1. The second-order valence-electron chi connectivity index (χ2n) is 6.16. The zero-order chi connectivity index (χ0) is 11.9. The molecule has 0 aromatic carbocycles. The van der Waals surface area contributed by atoms with E-state index in [9.17, 15) is 0 Å². The fraction of sp³-hybridized carbons (Fsp3) is 0.615. The van der Waals surface area contributed by atoms with Gasteiger partial charge in [-0.05, 0) is 22.3 Å². The maximum absolute atomic E-state index is 4.60. The van der Waals surface area contributed by atoms with E-state index in [1.54, 1.807) is 0 Å². The Morgan fingerprint density at radius 1 is 1.00 bits per heavy atom. The van der Waals surface area contributed by atoms with Crippen molar-refractivity contribution < 1.29 is 0 Å². The Hall–Kier alpha value is -0.420. The Balaban J connectivity index is 3.21. The van der Waals surface area contributed by atoms with Crippen molar-refractivity contribution in [2.75, 3.05) is 0 Å². The summed E-state index contributed by atoms with van der Waals surface area (Å²) < 4.78 is 0. The minimum Gasteiger partial charge on any atom is -0.260 e. The highest BCUT2D eigenvalue weighted by Crippen LogP contribution is 2.25. The molecule has 1 aromatic heterocycles. The molecule has 2 heteroatoms. The van der Waals surface area contributed by atoms with Crippen LogP contribution in [-0.2, 0) is 10.8 Å². The average Bonchev–Trinajstić information content (AvgIpc) is 1.99. The minimum absolute atomic E-state index is 0.119. The van der Waals surface area contributed by atoms with Crippen LogP contribution >= 0.6 is 9.24 Å². The normalized spacial score (nSPS) is 13.0. The fourth-order valence-corrected chi connectivity index (χ4v) is 2.21. The van der Waals surface area contributed by atoms with Crippen LogP contribution in [0, 0.1) is 0 Å². The summed E-state index contributed by atoms with van der Waals surface area (Å²) in [5.74, 6) is 0. The van der Waals surface area contributed by atoms with Crippen LogP contribution in [0.3, 0.4) is 0 Å². The summed E-state index contributed by atoms with van der Waals surface area (Å²) in [6.45, 7) is 13.2. The van der Waals surface area contributed by atoms with Crippen LogP contribution in [0.15, 0.2) is 12.3 Å². The lowest BCUT2D eigenvalue weighted by Crippen LogP contribution is -2.23. The minimum atomic E-state index is 0.119. The number of hydrogen-bond acceptors (Lipinski definition) is 1. The molecule has 1 nitrogen and oxygen atoms in total. The summed E-state index contributed by atoms with van der Waals surface area (Å²) in [5, 5.41) is 1.22. The fourth-order valence-electron chi connectivity index (χ4n) is 1.52. The van der Waals surface area contributed by atoms with Crippen LogP contribution in [0.5, 0.6) is 0 Å². The molecule has 15 heavy (non-hydrogen) atoms. The highest BCUT2D eigenvalue weighted by Gasteiger charge is 2.21. The zero-order valence-electron chi connectivity index (χ0n) is 10.7. The van der Waals surface area contributed by atoms with Gasteiger partial charge < -0.3 is 0 Å². The van der Waals surface area contributed by atoms with Gasteiger partial charge in [0.15, 0.2) is 0 Å². The maximum Gasteiger partial charge on any atom is 0.0528 e. The van der Waals surface area contributed by atoms with Crippen LogP contribution in [-0.4, -0.2) is 4.98 Å². The molecule has 0 amide bonds. The van der Waals surface area contributed by atoms with E-state index in [-0.39, 0.29) is 10.8 Å². The Labute approximate surface area is 95.9 Å². The number of hydrogen-bond donors (Lipinski definition) is 0. The SMILES string of the molecule is CC(C)(C)c1cnc(C(C)(C)C)c(P)c1. The first-order valence-corrected chi connectivity index (χ1v) is 5.96. The first-order chi connectivity index (χ1) is 6.62. The van der Waals surface area contributed by atoms with Crippen molar-refractivity contribution in [2.45, 2.75) is 52.4 Å². The van der Waals surface area contributed by atoms with Crippen molar-refractivity contribution in [1.29, 1.82) is 0 Å². The van der Waals surface area contributed by atoms with Gasteiger partial charge in [-0.2, -0.15) is 0 Å². The molecule has 0 saturated carbocycles. The van der Waals surface area contributed by atoms with Gasteiger partial charge in [0.05, 0.1) is 5.69 Å². The van der Waals surface area contributed by atoms with Crippen molar-refractivity contribution in [3.8, 4) is 0 Å². The van der Waals surface area contributed by atoms with E-state index >= 15 is 0 Å². The third kappa shape index (κ3) is 3.01. The van der Waals surface area contributed by atoms with Crippen molar-refractivity contribution in [2.24, 2.45) is 0 Å². The van der Waals surface area contributed by atoms with Crippen LogP contribution in [0.25, 0.3) is 0 Å². The Morgan fingerprint density at radius 3 is 1.87 bits per heavy atom. The molecule has 1 unspecified atom stereocenters. The summed E-state index contributed by atoms with van der Waals surface area (Å²) in [6, 6.07) is 2.23. The highest BCUT2D eigenvalue weighted by atomic mass is 31.0. The van der Waals surface area contributed by atoms with Gasteiger partial charge in [-0.25, -0.2) is 0 Å². The number of aromatic nitrogens is 1. The van der Waals surface area contributed by atoms with Gasteiger partial charge >= 0.3 is 0 Å². The van der Waals surface area contributed by atoms with Crippen LogP contribution in [0.2, 0.25) is 0 Å². The molecule has 0 spiro atoms. The van der Waals surface area contributed by atoms with E-state index in [1.165, 1.54) is 16.6 Å². The summed E-state index contributed by atoms with van der Waals surface area (Å²) in [4.78, 5) is 4.60. The molecular weight excluding hydrogens is 201 g/mol. The lowest BCUT2D eigenvalue weighted by Gasteiger charge is -2.24. The lowest BCUT2D eigenvalue weighted by molar-refractivity contribution is 0.561. The molecule has 0 radical (unpaired) electrons. The highest BCUT2D eigenvalue weighted by molar-refractivity contribution is 7.27. The van der Waals surface area contributed by atoms with Crippen molar-refractivity contribution in [3.63, 3.8) is 0 Å². The molecule has 0 fully saturated rings. The first-order valence-electron chi connectivity index (χ1n) is 5.39. The third-order valence-corrected chi connectivity index (χ3v) is 2.93. The van der Waals surface area contributed by atoms with Gasteiger partial charge in [-0.1, -0.05) is 41.5 Å². The molecule has 0 bridgehead atoms. The third-order valence-electron chi connectivity index (χ3n) is 2.49. The number of rotatable bonds is 0. The predicted octanol–water partition coefficient (Wildman–Crippen LogP) is 3.18. The largest absolute Gasteiger partial charge is 0.260 e. The van der Waals surface area contributed by atoms with E-state index in [2.05, 4.69) is 61.8 Å². The summed E-state index contributed by atoms with van der Waals surface area (Å²) >= 11 is 0. The molecule has 0 aliphatic rings. The summed E-state index contributed by atoms with van der Waals surface area (Å²) in [5.41, 5.74) is 2.75. The Kier molecular flexibility index (Phi) is 3.26. The van der Waals surface area contributed by atoms with Crippen molar-refractivity contribution in [3.05, 3.63) is 23.5 Å². The Morgan fingerprint density at radius 2 is 1.53 bits per heavy atom. The van der Waals surface area contributed by atoms with Crippen LogP contribution in [0.1, 0.15) is 52.8 Å². The average molecular weight is 223 g/mol. The van der Waals surface area contributed by atoms with Crippen molar-refractivity contribution >= 4 is 14.5 Å². The maximum atomic E-state index is 4.60. The second-order valence-corrected chi connectivity index (χ2v) is 6.78. The smallest absolute Gasteiger partial charge is 0.0528 e. The molecule has 1 heterocycles. The molecule has 0 aliphatic heterocycles. The first kappa shape index (κ1) is 12.6. The van der Waals surface area contributed by atoms with E-state index in [4.69, 9.17) is 0 Å². The lowest BCUT2D eigenvalue weighted by atomic mass is 9.86. The quantitative estimate of drug-likeness (QED) is 0.616. The molecule has 0 aliphatic carbocycles. The summed E-state index contributed by atoms with van der Waals surface area (Å²) in [7, 11) is 2.80. The predicted molar refractivity (Wildman–Crippen MR) is 71.0 cm³/mol. The van der Waals surface area contributed by atoms with Gasteiger partial charge in [0.1, 0.15) is 0 Å². The zero-order valence-corrected chi connectivity index (χ0v) is 11.8. The molecule has 1 aromatic rings. The molecule has 84 valence electrons. The molecule has 1 rings (SSSR count). The van der Waals surface area contributed by atoms with Gasteiger partial charge in [0.2, 0.25) is 0 Å². The second kappa shape index (κ2) is 3.87. The standard InChI is InChI=1S/C13H22NP/c1-12(2,3)9-7-10(15)11(14-8-9)13(4,5)6/h7-8H,15H2,1-6H3. The molecule has 1 atom stereocenters. The molecule has 0 N–H and O–H groups in total. The Bertz CT molecular complexity index is 356. The summed E-state index contributed by atoms with van der Waals surface area (Å²) in [6.07, 6.45) is 2.01. The van der Waals surface area contributed by atoms with Gasteiger partial charge in [-0.3, -0.25) is 4.98 Å².